The van der Waals surface area contributed by atoms with E-state index in [1.54, 1.807) is 19.9 Å². The van der Waals surface area contributed by atoms with Gasteiger partial charge < -0.3 is 0 Å². The zero-order chi connectivity index (χ0) is 16.2. The van der Waals surface area contributed by atoms with E-state index in [1.165, 1.54) is 10.7 Å². The monoisotopic (exact) mass is 321 g/mol. The number of benzene rings is 1. The second-order valence-corrected chi connectivity index (χ2v) is 7.46. The first-order chi connectivity index (χ1) is 10.4. The highest BCUT2D eigenvalue weighted by Gasteiger charge is 2.14. The molecule has 1 aromatic heterocycles. The quantitative estimate of drug-likeness (QED) is 0.868. The number of sulfonamides is 1. The first-order valence-electron chi connectivity index (χ1n) is 7.02. The van der Waals surface area contributed by atoms with E-state index in [2.05, 4.69) is 9.82 Å². The summed E-state index contributed by atoms with van der Waals surface area (Å²) in [6.45, 7) is 3.52. The fraction of sp³-hybridized carbons (Fsp3) is 0.333. The highest BCUT2D eigenvalue weighted by Crippen LogP contribution is 2.13. The second-order valence-electron chi connectivity index (χ2n) is 5.13. The summed E-state index contributed by atoms with van der Waals surface area (Å²) in [5.41, 5.74) is 1.31. The van der Waals surface area contributed by atoms with Crippen LogP contribution in [0.3, 0.4) is 0 Å². The van der Waals surface area contributed by atoms with Gasteiger partial charge in [-0.25, -0.2) is 17.8 Å². The van der Waals surface area contributed by atoms with Gasteiger partial charge in [0.05, 0.1) is 17.5 Å². The van der Waals surface area contributed by atoms with Crippen molar-refractivity contribution in [2.24, 2.45) is 0 Å². The van der Waals surface area contributed by atoms with E-state index in [1.807, 2.05) is 30.3 Å². The molecule has 0 saturated carbocycles. The molecule has 0 bridgehead atoms. The standard InChI is InChI=1S/C15H19N3O3S/c1-12(2)22(20,21)16-10-11-18-15(19)9-8-14(17-18)13-6-4-3-5-7-13/h3-9,12,16H,10-11H2,1-2H3. The normalized spacial score (nSPS) is 11.8. The van der Waals surface area contributed by atoms with Crippen LogP contribution in [0.25, 0.3) is 11.3 Å². The molecular weight excluding hydrogens is 302 g/mol. The van der Waals surface area contributed by atoms with Crippen molar-refractivity contribution in [2.75, 3.05) is 6.54 Å². The fourth-order valence-corrected chi connectivity index (χ4v) is 2.54. The van der Waals surface area contributed by atoms with Gasteiger partial charge in [-0.1, -0.05) is 30.3 Å². The summed E-state index contributed by atoms with van der Waals surface area (Å²) in [5.74, 6) is 0. The van der Waals surface area contributed by atoms with Gasteiger partial charge in [0.1, 0.15) is 0 Å². The van der Waals surface area contributed by atoms with Crippen molar-refractivity contribution in [3.05, 3.63) is 52.8 Å². The van der Waals surface area contributed by atoms with Crippen molar-refractivity contribution in [1.29, 1.82) is 0 Å². The molecule has 1 aromatic carbocycles. The smallest absolute Gasteiger partial charge is 0.266 e. The van der Waals surface area contributed by atoms with Gasteiger partial charge in [0.2, 0.25) is 10.0 Å². The Morgan fingerprint density at radius 3 is 2.45 bits per heavy atom. The first-order valence-corrected chi connectivity index (χ1v) is 8.57. The van der Waals surface area contributed by atoms with Crippen LogP contribution in [0.1, 0.15) is 13.8 Å². The van der Waals surface area contributed by atoms with Gasteiger partial charge in [0.15, 0.2) is 0 Å². The molecule has 7 heteroatoms. The van der Waals surface area contributed by atoms with Crippen LogP contribution in [0.5, 0.6) is 0 Å². The van der Waals surface area contributed by atoms with Crippen LogP contribution >= 0.6 is 0 Å². The van der Waals surface area contributed by atoms with Crippen LogP contribution in [0.4, 0.5) is 0 Å². The Hall–Kier alpha value is -1.99. The molecule has 0 saturated heterocycles. The summed E-state index contributed by atoms with van der Waals surface area (Å²) in [4.78, 5) is 11.8. The van der Waals surface area contributed by atoms with E-state index < -0.39 is 15.3 Å². The molecule has 6 nitrogen and oxygen atoms in total. The lowest BCUT2D eigenvalue weighted by Crippen LogP contribution is -2.35. The van der Waals surface area contributed by atoms with Gasteiger partial charge in [-0.2, -0.15) is 5.10 Å². The Balaban J connectivity index is 2.14. The van der Waals surface area contributed by atoms with Gasteiger partial charge in [-0.15, -0.1) is 0 Å². The van der Waals surface area contributed by atoms with Crippen molar-refractivity contribution < 1.29 is 8.42 Å². The maximum absolute atomic E-state index is 11.8. The molecule has 0 unspecified atom stereocenters. The van der Waals surface area contributed by atoms with Crippen LogP contribution in [-0.2, 0) is 16.6 Å². The molecule has 0 atom stereocenters. The minimum absolute atomic E-state index is 0.131. The van der Waals surface area contributed by atoms with Crippen molar-refractivity contribution >= 4 is 10.0 Å². The number of hydrogen-bond acceptors (Lipinski definition) is 4. The first kappa shape index (κ1) is 16.4. The molecule has 0 amide bonds. The average Bonchev–Trinajstić information content (AvgIpc) is 2.50. The predicted octanol–water partition coefficient (Wildman–Crippen LogP) is 1.24. The molecule has 0 spiro atoms. The molecule has 0 aliphatic carbocycles. The van der Waals surface area contributed by atoms with Crippen LogP contribution in [0.2, 0.25) is 0 Å². The summed E-state index contributed by atoms with van der Waals surface area (Å²) >= 11 is 0. The lowest BCUT2D eigenvalue weighted by atomic mass is 10.1. The van der Waals surface area contributed by atoms with E-state index >= 15 is 0 Å². The molecule has 22 heavy (non-hydrogen) atoms. The van der Waals surface area contributed by atoms with Gasteiger partial charge in [0, 0.05) is 18.2 Å². The van der Waals surface area contributed by atoms with Gasteiger partial charge in [-0.05, 0) is 19.9 Å². The molecule has 2 rings (SSSR count). The molecule has 1 heterocycles. The number of rotatable bonds is 6. The highest BCUT2D eigenvalue weighted by molar-refractivity contribution is 7.90. The molecule has 118 valence electrons. The minimum atomic E-state index is -3.34. The zero-order valence-electron chi connectivity index (χ0n) is 12.6. The van der Waals surface area contributed by atoms with Gasteiger partial charge >= 0.3 is 0 Å². The van der Waals surface area contributed by atoms with Crippen molar-refractivity contribution in [2.45, 2.75) is 25.6 Å². The molecule has 1 N–H and O–H groups in total. The fourth-order valence-electron chi connectivity index (χ4n) is 1.83. The van der Waals surface area contributed by atoms with Crippen molar-refractivity contribution in [3.63, 3.8) is 0 Å². The summed E-state index contributed by atoms with van der Waals surface area (Å²) in [7, 11) is -3.34. The van der Waals surface area contributed by atoms with E-state index in [0.29, 0.717) is 5.69 Å². The summed E-state index contributed by atoms with van der Waals surface area (Å²) < 4.78 is 27.1. The Labute approximate surface area is 129 Å². The van der Waals surface area contributed by atoms with E-state index in [9.17, 15) is 13.2 Å². The molecule has 2 aromatic rings. The summed E-state index contributed by atoms with van der Waals surface area (Å²) in [5, 5.41) is 3.77. The molecular formula is C15H19N3O3S. The SMILES string of the molecule is CC(C)S(=O)(=O)NCCn1nc(-c2ccccc2)ccc1=O. The lowest BCUT2D eigenvalue weighted by molar-refractivity contribution is 0.543. The third kappa shape index (κ3) is 4.02. The molecule has 0 aliphatic rings. The number of aromatic nitrogens is 2. The molecule has 0 radical (unpaired) electrons. The number of nitrogens with zero attached hydrogens (tertiary/aromatic N) is 2. The second kappa shape index (κ2) is 6.85. The highest BCUT2D eigenvalue weighted by atomic mass is 32.2. The van der Waals surface area contributed by atoms with E-state index in [-0.39, 0.29) is 18.6 Å². The summed E-state index contributed by atoms with van der Waals surface area (Å²) in [6, 6.07) is 12.6. The third-order valence-corrected chi connectivity index (χ3v) is 5.03. The maximum atomic E-state index is 11.8. The average molecular weight is 321 g/mol. The molecule has 0 fully saturated rings. The van der Waals surface area contributed by atoms with Crippen molar-refractivity contribution in [1.82, 2.24) is 14.5 Å². The molecule has 0 aliphatic heterocycles. The van der Waals surface area contributed by atoms with Crippen molar-refractivity contribution in [3.8, 4) is 11.3 Å². The van der Waals surface area contributed by atoms with Gasteiger partial charge in [0.25, 0.3) is 5.56 Å². The third-order valence-electron chi connectivity index (χ3n) is 3.18. The van der Waals surface area contributed by atoms with E-state index in [0.717, 1.165) is 5.56 Å². The maximum Gasteiger partial charge on any atom is 0.266 e. The van der Waals surface area contributed by atoms with Crippen LogP contribution in [-0.4, -0.2) is 30.0 Å². The van der Waals surface area contributed by atoms with E-state index in [4.69, 9.17) is 0 Å². The van der Waals surface area contributed by atoms with Crippen LogP contribution in [0, 0.1) is 0 Å². The Morgan fingerprint density at radius 1 is 1.14 bits per heavy atom. The Kier molecular flexibility index (Phi) is 5.10. The van der Waals surface area contributed by atoms with Crippen LogP contribution in [0.15, 0.2) is 47.3 Å². The number of hydrogen-bond donors (Lipinski definition) is 1. The Bertz CT molecular complexity index is 783. The topological polar surface area (TPSA) is 81.1 Å². The predicted molar refractivity (Wildman–Crippen MR) is 86.0 cm³/mol. The van der Waals surface area contributed by atoms with Gasteiger partial charge in [-0.3, -0.25) is 4.79 Å². The minimum Gasteiger partial charge on any atom is -0.268 e. The lowest BCUT2D eigenvalue weighted by Gasteiger charge is -2.10. The zero-order valence-corrected chi connectivity index (χ0v) is 13.4. The largest absolute Gasteiger partial charge is 0.268 e. The number of nitrogens with one attached hydrogen (secondary N) is 1. The van der Waals surface area contributed by atoms with Crippen LogP contribution < -0.4 is 10.3 Å². The summed E-state index contributed by atoms with van der Waals surface area (Å²) in [6.07, 6.45) is 0. The Morgan fingerprint density at radius 2 is 1.82 bits per heavy atom.